The number of pyridine rings is 1. The van der Waals surface area contributed by atoms with Crippen LogP contribution in [-0.4, -0.2) is 51.0 Å². The van der Waals surface area contributed by atoms with Crippen LogP contribution in [0.5, 0.6) is 0 Å². The SMILES string of the molecule is CC(C)(CCn1cnc2cc(C(=O)Nc3nccs3)cnc21)NC[C@H](O)c1cccc(NS(=O)(=O)c2ccccc2)c1. The van der Waals surface area contributed by atoms with Crippen LogP contribution >= 0.6 is 11.3 Å². The quantitative estimate of drug-likeness (QED) is 0.163. The molecule has 0 fully saturated rings. The van der Waals surface area contributed by atoms with Gasteiger partial charge in [-0.25, -0.2) is 23.4 Å². The van der Waals surface area contributed by atoms with Gasteiger partial charge in [0.1, 0.15) is 5.52 Å². The molecule has 0 bridgehead atoms. The average Bonchev–Trinajstić information content (AvgIpc) is 3.65. The van der Waals surface area contributed by atoms with E-state index in [1.807, 2.05) is 18.4 Å². The molecule has 0 unspecified atom stereocenters. The largest absolute Gasteiger partial charge is 0.387 e. The highest BCUT2D eigenvalue weighted by Gasteiger charge is 2.21. The second-order valence-electron chi connectivity index (χ2n) is 10.4. The van der Waals surface area contributed by atoms with Crippen LogP contribution in [-0.2, 0) is 16.6 Å². The van der Waals surface area contributed by atoms with E-state index in [9.17, 15) is 18.3 Å². The number of anilines is 2. The summed E-state index contributed by atoms with van der Waals surface area (Å²) >= 11 is 1.34. The first kappa shape index (κ1) is 29.3. The first-order valence-electron chi connectivity index (χ1n) is 13.2. The minimum atomic E-state index is -3.74. The number of aliphatic hydroxyl groups is 1. The van der Waals surface area contributed by atoms with Crippen LogP contribution in [0.3, 0.4) is 0 Å². The number of rotatable bonds is 12. The molecular weight excluding hydrogens is 574 g/mol. The molecule has 0 spiro atoms. The Balaban J connectivity index is 1.16. The van der Waals surface area contributed by atoms with Crippen LogP contribution in [0.15, 0.2) is 89.7 Å². The number of hydrogen-bond acceptors (Lipinski definition) is 9. The zero-order valence-electron chi connectivity index (χ0n) is 23.1. The van der Waals surface area contributed by atoms with Crippen molar-refractivity contribution < 1.29 is 18.3 Å². The number of imidazole rings is 1. The monoisotopic (exact) mass is 605 g/mol. The van der Waals surface area contributed by atoms with Crippen molar-refractivity contribution in [3.05, 3.63) is 95.9 Å². The Morgan fingerprint density at radius 3 is 2.64 bits per heavy atom. The molecule has 0 aliphatic carbocycles. The van der Waals surface area contributed by atoms with E-state index < -0.39 is 16.1 Å². The highest BCUT2D eigenvalue weighted by Crippen LogP contribution is 2.22. The lowest BCUT2D eigenvalue weighted by atomic mass is 9.99. The van der Waals surface area contributed by atoms with Crippen LogP contribution in [0.2, 0.25) is 0 Å². The second kappa shape index (κ2) is 12.4. The predicted molar refractivity (Wildman–Crippen MR) is 163 cm³/mol. The van der Waals surface area contributed by atoms with Gasteiger partial charge in [0, 0.05) is 42.1 Å². The lowest BCUT2D eigenvalue weighted by molar-refractivity contribution is 0.102. The number of nitrogens with one attached hydrogen (secondary N) is 3. The molecule has 5 aromatic rings. The number of β-amino-alcohol motifs (C(OH)–C–C–N with tert-alkyl or cyclic N) is 1. The number of nitrogens with zero attached hydrogens (tertiary/aromatic N) is 4. The van der Waals surface area contributed by atoms with E-state index in [0.717, 1.165) is 0 Å². The minimum Gasteiger partial charge on any atom is -0.387 e. The zero-order chi connectivity index (χ0) is 29.7. The molecule has 3 aromatic heterocycles. The van der Waals surface area contributed by atoms with E-state index in [4.69, 9.17) is 0 Å². The minimum absolute atomic E-state index is 0.165. The normalized spacial score (nSPS) is 12.7. The van der Waals surface area contributed by atoms with Crippen molar-refractivity contribution in [2.75, 3.05) is 16.6 Å². The maximum absolute atomic E-state index is 12.7. The third kappa shape index (κ3) is 7.18. The Morgan fingerprint density at radius 2 is 1.88 bits per heavy atom. The molecule has 42 heavy (non-hydrogen) atoms. The van der Waals surface area contributed by atoms with E-state index in [0.29, 0.717) is 46.1 Å². The van der Waals surface area contributed by atoms with E-state index >= 15 is 0 Å². The number of carbonyl (C=O) groups excluding carboxylic acids is 1. The summed E-state index contributed by atoms with van der Waals surface area (Å²) in [4.78, 5) is 25.6. The first-order chi connectivity index (χ1) is 20.1. The molecule has 218 valence electrons. The summed E-state index contributed by atoms with van der Waals surface area (Å²) in [6.45, 7) is 4.96. The molecule has 1 atom stereocenters. The van der Waals surface area contributed by atoms with Gasteiger partial charge in [-0.2, -0.15) is 0 Å². The predicted octanol–water partition coefficient (Wildman–Crippen LogP) is 4.43. The van der Waals surface area contributed by atoms with Gasteiger partial charge in [-0.1, -0.05) is 30.3 Å². The number of carbonyl (C=O) groups is 1. The number of fused-ring (bicyclic) bond motifs is 1. The fourth-order valence-electron chi connectivity index (χ4n) is 4.29. The molecule has 2 aromatic carbocycles. The molecule has 0 aliphatic rings. The summed E-state index contributed by atoms with van der Waals surface area (Å²) < 4.78 is 29.9. The van der Waals surface area contributed by atoms with Crippen LogP contribution in [0.4, 0.5) is 10.8 Å². The van der Waals surface area contributed by atoms with Gasteiger partial charge in [0.2, 0.25) is 0 Å². The lowest BCUT2D eigenvalue weighted by Gasteiger charge is -2.28. The highest BCUT2D eigenvalue weighted by molar-refractivity contribution is 7.92. The Bertz CT molecular complexity index is 1770. The fraction of sp³-hybridized carbons (Fsp3) is 0.241. The number of aryl methyl sites for hydroxylation is 1. The van der Waals surface area contributed by atoms with Crippen molar-refractivity contribution in [2.24, 2.45) is 0 Å². The van der Waals surface area contributed by atoms with E-state index in [-0.39, 0.29) is 22.9 Å². The standard InChI is InChI=1S/C29H31N7O4S2/c1-29(2,11-13-36-19-32-24-16-21(17-31-26(24)36)27(38)34-28-30-12-14-41-28)33-18-25(37)20-7-6-8-22(15-20)35-42(39,40)23-9-4-3-5-10-23/h3-10,12,14-17,19,25,33,35,37H,11,13,18H2,1-2H3,(H,30,34,38)/t25-/m0/s1. The molecule has 13 heteroatoms. The third-order valence-corrected chi connectivity index (χ3v) is 8.78. The van der Waals surface area contributed by atoms with Gasteiger partial charge < -0.3 is 15.0 Å². The van der Waals surface area contributed by atoms with Crippen LogP contribution in [0.1, 0.15) is 42.3 Å². The molecule has 11 nitrogen and oxygen atoms in total. The van der Waals surface area contributed by atoms with Crippen molar-refractivity contribution in [3.63, 3.8) is 0 Å². The molecule has 0 aliphatic heterocycles. The summed E-state index contributed by atoms with van der Waals surface area (Å²) in [5.74, 6) is -0.295. The summed E-state index contributed by atoms with van der Waals surface area (Å²) in [6, 6.07) is 16.6. The summed E-state index contributed by atoms with van der Waals surface area (Å²) in [5, 5.41) is 19.3. The first-order valence-corrected chi connectivity index (χ1v) is 15.6. The van der Waals surface area contributed by atoms with Gasteiger partial charge in [-0.3, -0.25) is 14.8 Å². The molecule has 0 radical (unpaired) electrons. The van der Waals surface area contributed by atoms with E-state index in [2.05, 4.69) is 30.3 Å². The molecule has 4 N–H and O–H groups in total. The number of aromatic nitrogens is 4. The number of sulfonamides is 1. The smallest absolute Gasteiger partial charge is 0.261 e. The Hall–Kier alpha value is -4.17. The number of aliphatic hydroxyl groups excluding tert-OH is 1. The maximum atomic E-state index is 12.7. The molecule has 0 saturated carbocycles. The van der Waals surface area contributed by atoms with Gasteiger partial charge in [0.05, 0.1) is 22.9 Å². The molecule has 1 amide bonds. The van der Waals surface area contributed by atoms with Crippen molar-refractivity contribution in [1.82, 2.24) is 24.8 Å². The average molecular weight is 606 g/mol. The zero-order valence-corrected chi connectivity index (χ0v) is 24.7. The summed E-state index contributed by atoms with van der Waals surface area (Å²) in [7, 11) is -3.74. The fourth-order valence-corrected chi connectivity index (χ4v) is 5.89. The Labute approximate surface area is 247 Å². The number of hydrogen-bond donors (Lipinski definition) is 4. The molecule has 3 heterocycles. The second-order valence-corrected chi connectivity index (χ2v) is 12.9. The van der Waals surface area contributed by atoms with Crippen LogP contribution in [0, 0.1) is 0 Å². The van der Waals surface area contributed by atoms with Crippen molar-refractivity contribution in [3.8, 4) is 0 Å². The number of amides is 1. The van der Waals surface area contributed by atoms with E-state index in [1.165, 1.54) is 29.7 Å². The topological polar surface area (TPSA) is 151 Å². The number of thiazole rings is 1. The Kier molecular flexibility index (Phi) is 8.64. The summed E-state index contributed by atoms with van der Waals surface area (Å²) in [5.41, 5.74) is 2.30. The van der Waals surface area contributed by atoms with Crippen molar-refractivity contribution in [1.29, 1.82) is 0 Å². The van der Waals surface area contributed by atoms with Gasteiger partial charge in [-0.05, 0) is 56.2 Å². The number of benzene rings is 2. The summed E-state index contributed by atoms with van der Waals surface area (Å²) in [6.07, 6.45) is 4.70. The van der Waals surface area contributed by atoms with Crippen LogP contribution in [0.25, 0.3) is 11.2 Å². The van der Waals surface area contributed by atoms with Crippen molar-refractivity contribution in [2.45, 2.75) is 43.4 Å². The molecule has 5 rings (SSSR count). The molecular formula is C29H31N7O4S2. The van der Waals surface area contributed by atoms with Gasteiger partial charge in [-0.15, -0.1) is 11.3 Å². The van der Waals surface area contributed by atoms with Crippen molar-refractivity contribution >= 4 is 49.3 Å². The third-order valence-electron chi connectivity index (χ3n) is 6.70. The van der Waals surface area contributed by atoms with E-state index in [1.54, 1.807) is 66.4 Å². The van der Waals surface area contributed by atoms with Gasteiger partial charge in [0.15, 0.2) is 10.8 Å². The Morgan fingerprint density at radius 1 is 1.07 bits per heavy atom. The molecule has 0 saturated heterocycles. The lowest BCUT2D eigenvalue weighted by Crippen LogP contribution is -2.42. The highest BCUT2D eigenvalue weighted by atomic mass is 32.2. The maximum Gasteiger partial charge on any atom is 0.261 e. The van der Waals surface area contributed by atoms with Gasteiger partial charge in [0.25, 0.3) is 15.9 Å². The van der Waals surface area contributed by atoms with Gasteiger partial charge >= 0.3 is 0 Å². The van der Waals surface area contributed by atoms with Crippen LogP contribution < -0.4 is 15.4 Å².